The Morgan fingerprint density at radius 2 is 2.33 bits per heavy atom. The smallest absolute Gasteiger partial charge is 0.317 e. The summed E-state index contributed by atoms with van der Waals surface area (Å²) in [5.41, 5.74) is 0. The minimum atomic E-state index is -0.936. The van der Waals surface area contributed by atoms with Gasteiger partial charge in [-0.2, -0.15) is 0 Å². The lowest BCUT2D eigenvalue weighted by molar-refractivity contribution is -0.138. The van der Waals surface area contributed by atoms with E-state index in [4.69, 9.17) is 21.7 Å². The number of carboxylic acid groups (broad SMARTS) is 1. The van der Waals surface area contributed by atoms with Crippen LogP contribution in [-0.2, 0) is 4.79 Å². The second kappa shape index (κ2) is 5.51. The van der Waals surface area contributed by atoms with Crippen molar-refractivity contribution in [2.45, 2.75) is 0 Å². The molecular weight excluding hydrogens is 276 g/mol. The maximum atomic E-state index is 12.1. The van der Waals surface area contributed by atoms with E-state index in [-0.39, 0.29) is 24.9 Å². The zero-order valence-corrected chi connectivity index (χ0v) is 10.9. The first kappa shape index (κ1) is 13.1. The Morgan fingerprint density at radius 1 is 1.56 bits per heavy atom. The first-order valence-corrected chi connectivity index (χ1v) is 6.43. The third kappa shape index (κ3) is 2.89. The van der Waals surface area contributed by atoms with Gasteiger partial charge >= 0.3 is 5.97 Å². The van der Waals surface area contributed by atoms with Crippen LogP contribution in [0.4, 0.5) is 0 Å². The molecule has 1 saturated heterocycles. The second-order valence-electron chi connectivity index (χ2n) is 3.61. The number of hydrogen-bond acceptors (Lipinski definition) is 6. The molecule has 96 valence electrons. The first-order valence-electron chi connectivity index (χ1n) is 5.04. The molecule has 1 aromatic heterocycles. The summed E-state index contributed by atoms with van der Waals surface area (Å²) in [4.78, 5) is 25.7. The van der Waals surface area contributed by atoms with E-state index >= 15 is 0 Å². The van der Waals surface area contributed by atoms with Crippen LogP contribution in [0.25, 0.3) is 0 Å². The van der Waals surface area contributed by atoms with Crippen molar-refractivity contribution in [2.75, 3.05) is 19.1 Å². The van der Waals surface area contributed by atoms with E-state index in [1.54, 1.807) is 17.0 Å². The van der Waals surface area contributed by atoms with Crippen molar-refractivity contribution in [3.8, 4) is 0 Å². The summed E-state index contributed by atoms with van der Waals surface area (Å²) >= 11 is 6.36. The van der Waals surface area contributed by atoms with E-state index in [0.717, 1.165) is 0 Å². The minimum absolute atomic E-state index is 0.127. The van der Waals surface area contributed by atoms with Gasteiger partial charge in [-0.25, -0.2) is 0 Å². The lowest BCUT2D eigenvalue weighted by Crippen LogP contribution is -2.49. The highest BCUT2D eigenvalue weighted by Gasteiger charge is 2.29. The summed E-state index contributed by atoms with van der Waals surface area (Å²) in [6.07, 6.45) is 1.41. The third-order valence-electron chi connectivity index (χ3n) is 2.27. The van der Waals surface area contributed by atoms with Gasteiger partial charge in [0, 0.05) is 0 Å². The molecule has 0 bridgehead atoms. The van der Waals surface area contributed by atoms with Gasteiger partial charge in [-0.05, 0) is 12.1 Å². The fourth-order valence-electron chi connectivity index (χ4n) is 1.49. The number of amides is 1. The number of aliphatic carboxylic acids is 1. The Morgan fingerprint density at radius 3 is 2.94 bits per heavy atom. The Balaban J connectivity index is 2.08. The number of carbonyl (C=O) groups excluding carboxylic acids is 1. The van der Waals surface area contributed by atoms with Gasteiger partial charge in [-0.3, -0.25) is 19.4 Å². The molecule has 0 aromatic carbocycles. The molecule has 0 atom stereocenters. The lowest BCUT2D eigenvalue weighted by Gasteiger charge is -2.33. The van der Waals surface area contributed by atoms with Crippen molar-refractivity contribution in [3.63, 3.8) is 0 Å². The van der Waals surface area contributed by atoms with Crippen LogP contribution >= 0.6 is 24.0 Å². The molecule has 0 aliphatic carbocycles. The maximum absolute atomic E-state index is 12.1. The van der Waals surface area contributed by atoms with Crippen LogP contribution in [0.2, 0.25) is 0 Å². The first-order chi connectivity index (χ1) is 8.58. The van der Waals surface area contributed by atoms with Crippen molar-refractivity contribution in [1.82, 2.24) is 9.80 Å². The van der Waals surface area contributed by atoms with Gasteiger partial charge in [0.05, 0.1) is 25.4 Å². The van der Waals surface area contributed by atoms with Crippen molar-refractivity contribution >= 4 is 40.2 Å². The number of thioether (sulfide) groups is 1. The van der Waals surface area contributed by atoms with Crippen molar-refractivity contribution in [1.29, 1.82) is 0 Å². The minimum Gasteiger partial charge on any atom is -0.480 e. The molecule has 1 fully saturated rings. The van der Waals surface area contributed by atoms with Crippen molar-refractivity contribution < 1.29 is 19.1 Å². The molecular formula is C10H10N2O4S2. The number of thiocarbonyl (C=S) groups is 1. The van der Waals surface area contributed by atoms with Gasteiger partial charge in [0.2, 0.25) is 0 Å². The molecule has 0 unspecified atom stereocenters. The van der Waals surface area contributed by atoms with Crippen LogP contribution in [0.1, 0.15) is 10.6 Å². The van der Waals surface area contributed by atoms with Crippen molar-refractivity contribution in [2.24, 2.45) is 0 Å². The summed E-state index contributed by atoms with van der Waals surface area (Å²) < 4.78 is 5.45. The van der Waals surface area contributed by atoms with E-state index in [1.165, 1.54) is 22.9 Å². The summed E-state index contributed by atoms with van der Waals surface area (Å²) in [6, 6.07) is 3.16. The lowest BCUT2D eigenvalue weighted by atomic mass is 10.4. The number of hydrogen-bond donors (Lipinski definition) is 1. The zero-order chi connectivity index (χ0) is 13.1. The molecule has 1 N–H and O–H groups in total. The molecule has 0 radical (unpaired) electrons. The molecule has 1 amide bonds. The van der Waals surface area contributed by atoms with Crippen LogP contribution in [0, 0.1) is 0 Å². The zero-order valence-electron chi connectivity index (χ0n) is 9.24. The van der Waals surface area contributed by atoms with Gasteiger partial charge in [-0.1, -0.05) is 24.0 Å². The number of carboxylic acids is 1. The monoisotopic (exact) mass is 286 g/mol. The van der Waals surface area contributed by atoms with Gasteiger partial charge in [-0.15, -0.1) is 0 Å². The fraction of sp³-hybridized carbons (Fsp3) is 0.300. The van der Waals surface area contributed by atoms with Crippen LogP contribution < -0.4 is 0 Å². The van der Waals surface area contributed by atoms with E-state index < -0.39 is 5.97 Å². The molecule has 8 heteroatoms. The van der Waals surface area contributed by atoms with Crippen LogP contribution in [0.15, 0.2) is 22.8 Å². The molecule has 0 spiro atoms. The Bertz CT molecular complexity index is 474. The molecule has 0 saturated carbocycles. The molecule has 6 nitrogen and oxygen atoms in total. The molecule has 2 heterocycles. The van der Waals surface area contributed by atoms with Gasteiger partial charge in [0.1, 0.15) is 4.32 Å². The maximum Gasteiger partial charge on any atom is 0.317 e. The molecule has 1 aliphatic heterocycles. The van der Waals surface area contributed by atoms with Crippen LogP contribution in [0.5, 0.6) is 0 Å². The van der Waals surface area contributed by atoms with E-state index in [0.29, 0.717) is 10.2 Å². The number of furan rings is 1. The Hall–Kier alpha value is -1.38. The molecule has 18 heavy (non-hydrogen) atoms. The van der Waals surface area contributed by atoms with E-state index in [1.807, 2.05) is 0 Å². The fourth-order valence-corrected chi connectivity index (χ4v) is 2.55. The topological polar surface area (TPSA) is 74.0 Å². The van der Waals surface area contributed by atoms with Crippen LogP contribution in [-0.4, -0.2) is 50.2 Å². The summed E-state index contributed by atoms with van der Waals surface area (Å²) in [7, 11) is 0. The highest BCUT2D eigenvalue weighted by atomic mass is 32.2. The van der Waals surface area contributed by atoms with Crippen LogP contribution in [0.3, 0.4) is 0 Å². The second-order valence-corrected chi connectivity index (χ2v) is 5.19. The molecule has 1 aliphatic rings. The molecule has 2 rings (SSSR count). The largest absolute Gasteiger partial charge is 0.480 e. The predicted octanol–water partition coefficient (Wildman–Crippen LogP) is 1.06. The third-order valence-corrected chi connectivity index (χ3v) is 3.80. The average molecular weight is 286 g/mol. The highest BCUT2D eigenvalue weighted by Crippen LogP contribution is 2.20. The molecule has 1 aromatic rings. The number of nitrogens with zero attached hydrogens (tertiary/aromatic N) is 2. The quantitative estimate of drug-likeness (QED) is 0.833. The van der Waals surface area contributed by atoms with Gasteiger partial charge in [0.25, 0.3) is 5.91 Å². The summed E-state index contributed by atoms with van der Waals surface area (Å²) in [6.45, 7) is 0.0369. The average Bonchev–Trinajstić information content (AvgIpc) is 2.83. The predicted molar refractivity (Wildman–Crippen MR) is 69.1 cm³/mol. The highest BCUT2D eigenvalue weighted by molar-refractivity contribution is 8.23. The van der Waals surface area contributed by atoms with Gasteiger partial charge in [0.15, 0.2) is 5.76 Å². The Labute approximate surface area is 113 Å². The number of carbonyl (C=O) groups is 2. The SMILES string of the molecule is O=C(O)CN1CSC(=S)N(C(=O)c2ccco2)C1. The van der Waals surface area contributed by atoms with Crippen molar-refractivity contribution in [3.05, 3.63) is 24.2 Å². The van der Waals surface area contributed by atoms with E-state index in [2.05, 4.69) is 0 Å². The Kier molecular flexibility index (Phi) is 4.00. The van der Waals surface area contributed by atoms with Gasteiger partial charge < -0.3 is 9.52 Å². The number of rotatable bonds is 3. The summed E-state index contributed by atoms with van der Waals surface area (Å²) in [5.74, 6) is -0.635. The summed E-state index contributed by atoms with van der Waals surface area (Å²) in [5, 5.41) is 8.73. The normalized spacial score (nSPS) is 16.9. The standard InChI is InChI=1S/C10H10N2O4S2/c13-8(14)4-11-5-12(10(17)18-6-11)9(15)7-2-1-3-16-7/h1-3H,4-6H2,(H,13,14). The van der Waals surface area contributed by atoms with E-state index in [9.17, 15) is 9.59 Å².